The molecule has 0 aliphatic carbocycles. The van der Waals surface area contributed by atoms with Gasteiger partial charge in [0, 0.05) is 35.5 Å². The average Bonchev–Trinajstić information content (AvgIpc) is 3.29. The summed E-state index contributed by atoms with van der Waals surface area (Å²) < 4.78 is 0. The van der Waals surface area contributed by atoms with Crippen molar-refractivity contribution in [2.45, 2.75) is 46.1 Å². The van der Waals surface area contributed by atoms with Crippen LogP contribution in [0.15, 0.2) is 41.3 Å². The second kappa shape index (κ2) is 8.47. The van der Waals surface area contributed by atoms with Crippen LogP contribution in [-0.2, 0) is 6.42 Å². The van der Waals surface area contributed by atoms with E-state index in [0.717, 1.165) is 21.5 Å². The van der Waals surface area contributed by atoms with Gasteiger partial charge in [-0.1, -0.05) is 32.0 Å². The van der Waals surface area contributed by atoms with Crippen LogP contribution in [0.3, 0.4) is 0 Å². The molecule has 1 aromatic carbocycles. The number of hydrogen-bond donors (Lipinski definition) is 3. The second-order valence-electron chi connectivity index (χ2n) is 7.95. The molecular formula is C23H25N5O2S. The van der Waals surface area contributed by atoms with Crippen LogP contribution in [0, 0.1) is 13.8 Å². The van der Waals surface area contributed by atoms with Crippen molar-refractivity contribution in [3.63, 3.8) is 0 Å². The summed E-state index contributed by atoms with van der Waals surface area (Å²) in [6.07, 6.45) is 2.45. The largest absolute Gasteiger partial charge is 0.361 e. The maximum atomic E-state index is 13.1. The zero-order valence-electron chi connectivity index (χ0n) is 17.9. The van der Waals surface area contributed by atoms with Gasteiger partial charge in [0.25, 0.3) is 11.5 Å². The molecule has 1 atom stereocenters. The zero-order valence-corrected chi connectivity index (χ0v) is 18.8. The lowest BCUT2D eigenvalue weighted by Crippen LogP contribution is -2.32. The van der Waals surface area contributed by atoms with E-state index in [1.807, 2.05) is 58.2 Å². The molecule has 1 amide bonds. The van der Waals surface area contributed by atoms with Crippen LogP contribution in [0.5, 0.6) is 0 Å². The average molecular weight is 436 g/mol. The van der Waals surface area contributed by atoms with Gasteiger partial charge in [-0.25, -0.2) is 9.97 Å². The Balaban J connectivity index is 1.74. The topological polar surface area (TPSA) is 104 Å². The highest BCUT2D eigenvalue weighted by Crippen LogP contribution is 2.25. The van der Waals surface area contributed by atoms with Crippen molar-refractivity contribution in [1.29, 1.82) is 0 Å². The number of aromatic nitrogens is 4. The number of carbonyl (C=O) groups is 1. The molecule has 0 saturated heterocycles. The normalized spacial score (nSPS) is 12.4. The molecule has 0 fully saturated rings. The minimum Gasteiger partial charge on any atom is -0.361 e. The Morgan fingerprint density at radius 2 is 1.97 bits per heavy atom. The maximum Gasteiger partial charge on any atom is 0.263 e. The molecule has 4 rings (SSSR count). The van der Waals surface area contributed by atoms with Gasteiger partial charge in [-0.2, -0.15) is 0 Å². The van der Waals surface area contributed by atoms with Gasteiger partial charge in [-0.15, -0.1) is 11.3 Å². The number of para-hydroxylation sites is 1. The van der Waals surface area contributed by atoms with E-state index in [1.54, 1.807) is 0 Å². The molecule has 31 heavy (non-hydrogen) atoms. The van der Waals surface area contributed by atoms with Crippen molar-refractivity contribution in [3.05, 3.63) is 79.5 Å². The molecule has 4 aromatic rings. The lowest BCUT2D eigenvalue weighted by Gasteiger charge is -2.19. The fourth-order valence-electron chi connectivity index (χ4n) is 3.66. The van der Waals surface area contributed by atoms with E-state index in [0.29, 0.717) is 28.5 Å². The molecule has 0 bridgehead atoms. The third-order valence-corrected chi connectivity index (χ3v) is 6.27. The summed E-state index contributed by atoms with van der Waals surface area (Å²) in [7, 11) is 0. The summed E-state index contributed by atoms with van der Waals surface area (Å²) in [5, 5.41) is 5.03. The Morgan fingerprint density at radius 1 is 1.19 bits per heavy atom. The van der Waals surface area contributed by atoms with Crippen molar-refractivity contribution in [1.82, 2.24) is 25.3 Å². The van der Waals surface area contributed by atoms with Gasteiger partial charge >= 0.3 is 0 Å². The highest BCUT2D eigenvalue weighted by atomic mass is 32.1. The molecule has 0 radical (unpaired) electrons. The van der Waals surface area contributed by atoms with Crippen LogP contribution in [0.1, 0.15) is 63.3 Å². The SMILES string of the molecule is Cc1nc(C)c(C(=O)NC(Cc2c[nH]c3ccccc23)c2cc(=O)[nH]c(C(C)C)n2)s1. The van der Waals surface area contributed by atoms with Gasteiger partial charge < -0.3 is 15.3 Å². The second-order valence-corrected chi connectivity index (χ2v) is 9.15. The number of hydrogen-bond acceptors (Lipinski definition) is 5. The van der Waals surface area contributed by atoms with E-state index in [4.69, 9.17) is 0 Å². The smallest absolute Gasteiger partial charge is 0.263 e. The lowest BCUT2D eigenvalue weighted by atomic mass is 10.0. The number of rotatable bonds is 6. The zero-order chi connectivity index (χ0) is 22.1. The minimum absolute atomic E-state index is 0.0588. The van der Waals surface area contributed by atoms with Crippen molar-refractivity contribution < 1.29 is 4.79 Å². The summed E-state index contributed by atoms with van der Waals surface area (Å²) in [4.78, 5) is 41.1. The molecule has 0 saturated carbocycles. The molecule has 0 aliphatic heterocycles. The van der Waals surface area contributed by atoms with Crippen LogP contribution < -0.4 is 10.9 Å². The fourth-order valence-corrected chi connectivity index (χ4v) is 4.49. The number of nitrogens with zero attached hydrogens (tertiary/aromatic N) is 2. The van der Waals surface area contributed by atoms with Crippen molar-refractivity contribution >= 4 is 28.1 Å². The number of fused-ring (bicyclic) bond motifs is 1. The minimum atomic E-state index is -0.465. The Labute approximate surface area is 184 Å². The van der Waals surface area contributed by atoms with Gasteiger partial charge in [-0.05, 0) is 25.5 Å². The maximum absolute atomic E-state index is 13.1. The Kier molecular flexibility index (Phi) is 5.73. The molecule has 1 unspecified atom stereocenters. The molecular weight excluding hydrogens is 410 g/mol. The molecule has 3 heterocycles. The third kappa shape index (κ3) is 4.44. The molecule has 160 valence electrons. The van der Waals surface area contributed by atoms with Gasteiger partial charge in [-0.3, -0.25) is 9.59 Å². The standard InChI is InChI=1S/C23H25N5O2S/c1-12(2)22-26-19(10-20(29)28-22)18(27-23(30)21-13(3)25-14(4)31-21)9-15-11-24-17-8-6-5-7-16(15)17/h5-8,10-12,18,24H,9H2,1-4H3,(H,27,30)(H,26,28,29). The number of benzene rings is 1. The number of H-pyrrole nitrogens is 2. The molecule has 0 aliphatic rings. The summed E-state index contributed by atoms with van der Waals surface area (Å²) in [5.74, 6) is 0.454. The fraction of sp³-hybridized carbons (Fsp3) is 0.304. The van der Waals surface area contributed by atoms with E-state index in [9.17, 15) is 9.59 Å². The summed E-state index contributed by atoms with van der Waals surface area (Å²) >= 11 is 1.36. The predicted octanol–water partition coefficient (Wildman–Crippen LogP) is 4.16. The van der Waals surface area contributed by atoms with E-state index in [1.165, 1.54) is 17.4 Å². The predicted molar refractivity (Wildman–Crippen MR) is 123 cm³/mol. The highest BCUT2D eigenvalue weighted by molar-refractivity contribution is 7.13. The molecule has 3 aromatic heterocycles. The number of amides is 1. The first-order valence-electron chi connectivity index (χ1n) is 10.2. The van der Waals surface area contributed by atoms with E-state index in [2.05, 4.69) is 25.3 Å². The molecule has 0 spiro atoms. The van der Waals surface area contributed by atoms with Crippen molar-refractivity contribution in [3.8, 4) is 0 Å². The van der Waals surface area contributed by atoms with Crippen LogP contribution in [0.4, 0.5) is 0 Å². The molecule has 8 heteroatoms. The number of carbonyl (C=O) groups excluding carboxylic acids is 1. The first-order valence-corrected chi connectivity index (χ1v) is 11.0. The van der Waals surface area contributed by atoms with Gasteiger partial charge in [0.2, 0.25) is 0 Å². The lowest BCUT2D eigenvalue weighted by molar-refractivity contribution is 0.0939. The highest BCUT2D eigenvalue weighted by Gasteiger charge is 2.23. The van der Waals surface area contributed by atoms with Crippen LogP contribution in [0.25, 0.3) is 10.9 Å². The van der Waals surface area contributed by atoms with Crippen LogP contribution in [0.2, 0.25) is 0 Å². The van der Waals surface area contributed by atoms with E-state index in [-0.39, 0.29) is 17.4 Å². The third-order valence-electron chi connectivity index (χ3n) is 5.20. The summed E-state index contributed by atoms with van der Waals surface area (Å²) in [6, 6.07) is 9.02. The van der Waals surface area contributed by atoms with Gasteiger partial charge in [0.05, 0.1) is 22.4 Å². The van der Waals surface area contributed by atoms with Crippen molar-refractivity contribution in [2.24, 2.45) is 0 Å². The van der Waals surface area contributed by atoms with Crippen molar-refractivity contribution in [2.75, 3.05) is 0 Å². The number of aromatic amines is 2. The monoisotopic (exact) mass is 435 g/mol. The van der Waals surface area contributed by atoms with Crippen LogP contribution in [-0.4, -0.2) is 25.8 Å². The number of thiazole rings is 1. The number of aryl methyl sites for hydroxylation is 2. The Bertz CT molecular complexity index is 1300. The van der Waals surface area contributed by atoms with E-state index >= 15 is 0 Å². The van der Waals surface area contributed by atoms with Gasteiger partial charge in [0.1, 0.15) is 10.7 Å². The first-order chi connectivity index (χ1) is 14.8. The quantitative estimate of drug-likeness (QED) is 0.423. The summed E-state index contributed by atoms with van der Waals surface area (Å²) in [5.41, 5.74) is 3.10. The number of nitrogens with one attached hydrogen (secondary N) is 3. The summed E-state index contributed by atoms with van der Waals surface area (Å²) in [6.45, 7) is 7.65. The van der Waals surface area contributed by atoms with Gasteiger partial charge in [0.15, 0.2) is 0 Å². The Morgan fingerprint density at radius 3 is 2.68 bits per heavy atom. The molecule has 7 nitrogen and oxygen atoms in total. The molecule has 3 N–H and O–H groups in total. The van der Waals surface area contributed by atoms with E-state index < -0.39 is 6.04 Å². The Hall–Kier alpha value is -3.26. The van der Waals surface area contributed by atoms with Crippen LogP contribution >= 0.6 is 11.3 Å². The first kappa shape index (κ1) is 21.0.